The fourth-order valence-corrected chi connectivity index (χ4v) is 1.61. The van der Waals surface area contributed by atoms with Crippen molar-refractivity contribution in [3.05, 3.63) is 17.0 Å². The second-order valence-electron chi connectivity index (χ2n) is 3.90. The average Bonchev–Trinajstić information content (AvgIpc) is 2.54. The first kappa shape index (κ1) is 11.7. The molecule has 0 aliphatic carbocycles. The van der Waals surface area contributed by atoms with Crippen LogP contribution in [0.25, 0.3) is 0 Å². The molecule has 0 spiro atoms. The predicted molar refractivity (Wildman–Crippen MR) is 57.2 cm³/mol. The minimum Gasteiger partial charge on any atom is -0.361 e. The van der Waals surface area contributed by atoms with Crippen LogP contribution in [0.5, 0.6) is 0 Å². The number of hydrogen-bond acceptors (Lipinski definition) is 4. The Bertz CT molecular complexity index is 345. The van der Waals surface area contributed by atoms with Crippen molar-refractivity contribution < 1.29 is 4.52 Å². The average molecular weight is 207 g/mol. The number of aryl methyl sites for hydroxylation is 2. The second kappa shape index (κ2) is 4.94. The number of rotatable bonds is 4. The molecule has 0 amide bonds. The Kier molecular flexibility index (Phi) is 3.87. The Morgan fingerprint density at radius 3 is 2.60 bits per heavy atom. The largest absolute Gasteiger partial charge is 0.361 e. The van der Waals surface area contributed by atoms with Gasteiger partial charge in [0.2, 0.25) is 0 Å². The fraction of sp³-hybridized carbons (Fsp3) is 0.636. The maximum absolute atomic E-state index is 8.67. The van der Waals surface area contributed by atoms with Crippen LogP contribution in [0.4, 0.5) is 0 Å². The Morgan fingerprint density at radius 1 is 1.47 bits per heavy atom. The van der Waals surface area contributed by atoms with Gasteiger partial charge >= 0.3 is 0 Å². The van der Waals surface area contributed by atoms with E-state index in [-0.39, 0.29) is 12.0 Å². The minimum absolute atomic E-state index is 0.0212. The quantitative estimate of drug-likeness (QED) is 0.821. The molecule has 1 rings (SSSR count). The molecule has 0 radical (unpaired) electrons. The molecular formula is C11H17N3O. The lowest BCUT2D eigenvalue weighted by molar-refractivity contribution is 0.390. The summed E-state index contributed by atoms with van der Waals surface area (Å²) in [6, 6.07) is 2.37. The van der Waals surface area contributed by atoms with Gasteiger partial charge in [-0.05, 0) is 27.7 Å². The molecule has 1 aromatic heterocycles. The Balaban J connectivity index is 2.62. The molecule has 1 heterocycles. The highest BCUT2D eigenvalue weighted by Crippen LogP contribution is 2.20. The van der Waals surface area contributed by atoms with Crippen LogP contribution in [-0.2, 0) is 0 Å². The zero-order valence-electron chi connectivity index (χ0n) is 9.66. The lowest BCUT2D eigenvalue weighted by Crippen LogP contribution is -2.24. The van der Waals surface area contributed by atoms with Gasteiger partial charge in [0, 0.05) is 18.2 Å². The summed E-state index contributed by atoms with van der Waals surface area (Å²) in [5.41, 5.74) is 2.01. The van der Waals surface area contributed by atoms with Crippen LogP contribution in [-0.4, -0.2) is 11.7 Å². The van der Waals surface area contributed by atoms with Crippen molar-refractivity contribution in [2.75, 3.05) is 6.54 Å². The topological polar surface area (TPSA) is 61.9 Å². The molecule has 4 heteroatoms. The molecule has 0 aliphatic heterocycles. The molecule has 0 aromatic carbocycles. The van der Waals surface area contributed by atoms with Crippen molar-refractivity contribution in [3.63, 3.8) is 0 Å². The van der Waals surface area contributed by atoms with E-state index in [1.54, 1.807) is 0 Å². The molecular weight excluding hydrogens is 190 g/mol. The van der Waals surface area contributed by atoms with E-state index in [0.29, 0.717) is 6.54 Å². The molecule has 0 fully saturated rings. The van der Waals surface area contributed by atoms with E-state index < -0.39 is 0 Å². The molecule has 4 nitrogen and oxygen atoms in total. The van der Waals surface area contributed by atoms with E-state index in [2.05, 4.69) is 23.5 Å². The van der Waals surface area contributed by atoms with E-state index in [1.165, 1.54) is 0 Å². The molecule has 82 valence electrons. The van der Waals surface area contributed by atoms with E-state index in [0.717, 1.165) is 17.0 Å². The number of hydrogen-bond donors (Lipinski definition) is 1. The van der Waals surface area contributed by atoms with Gasteiger partial charge in [-0.3, -0.25) is 0 Å². The van der Waals surface area contributed by atoms with E-state index in [4.69, 9.17) is 9.78 Å². The first-order chi connectivity index (χ1) is 7.06. The minimum atomic E-state index is 0.0212. The second-order valence-corrected chi connectivity index (χ2v) is 3.90. The molecule has 0 aliphatic rings. The van der Waals surface area contributed by atoms with Crippen LogP contribution >= 0.6 is 0 Å². The monoisotopic (exact) mass is 207 g/mol. The summed E-state index contributed by atoms with van der Waals surface area (Å²) < 4.78 is 5.09. The third kappa shape index (κ3) is 2.80. The van der Waals surface area contributed by atoms with Crippen LogP contribution in [0.1, 0.15) is 36.9 Å². The molecule has 2 unspecified atom stereocenters. The maximum atomic E-state index is 8.67. The highest BCUT2D eigenvalue weighted by Gasteiger charge is 2.16. The van der Waals surface area contributed by atoms with E-state index >= 15 is 0 Å². The summed E-state index contributed by atoms with van der Waals surface area (Å²) in [7, 11) is 0. The van der Waals surface area contributed by atoms with Gasteiger partial charge in [0.25, 0.3) is 0 Å². The SMILES string of the molecule is Cc1noc(C)c1C(C)NCC(C)C#N. The van der Waals surface area contributed by atoms with Crippen LogP contribution in [0.3, 0.4) is 0 Å². The molecule has 0 saturated heterocycles. The lowest BCUT2D eigenvalue weighted by atomic mass is 10.1. The van der Waals surface area contributed by atoms with Crippen LogP contribution < -0.4 is 5.32 Å². The van der Waals surface area contributed by atoms with Crippen molar-refractivity contribution in [3.8, 4) is 6.07 Å². The first-order valence-corrected chi connectivity index (χ1v) is 5.12. The van der Waals surface area contributed by atoms with Gasteiger partial charge in [-0.15, -0.1) is 0 Å². The zero-order chi connectivity index (χ0) is 11.4. The highest BCUT2D eigenvalue weighted by molar-refractivity contribution is 5.24. The number of aromatic nitrogens is 1. The third-order valence-electron chi connectivity index (χ3n) is 2.47. The van der Waals surface area contributed by atoms with Crippen LogP contribution in [0.15, 0.2) is 4.52 Å². The van der Waals surface area contributed by atoms with Gasteiger partial charge in [0.05, 0.1) is 17.7 Å². The summed E-state index contributed by atoms with van der Waals surface area (Å²) in [5, 5.41) is 15.9. The molecule has 1 aromatic rings. The molecule has 2 atom stereocenters. The van der Waals surface area contributed by atoms with Crippen molar-refractivity contribution >= 4 is 0 Å². The summed E-state index contributed by atoms with van der Waals surface area (Å²) in [6.07, 6.45) is 0. The molecule has 0 bridgehead atoms. The van der Waals surface area contributed by atoms with Gasteiger partial charge in [-0.25, -0.2) is 0 Å². The summed E-state index contributed by atoms with van der Waals surface area (Å²) in [4.78, 5) is 0. The summed E-state index contributed by atoms with van der Waals surface area (Å²) in [5.74, 6) is 0.866. The normalized spacial score (nSPS) is 14.6. The number of nitrogens with one attached hydrogen (secondary N) is 1. The highest BCUT2D eigenvalue weighted by atomic mass is 16.5. The zero-order valence-corrected chi connectivity index (χ0v) is 9.66. The standard InChI is InChI=1S/C11H17N3O/c1-7(5-12)6-13-8(2)11-9(3)14-15-10(11)4/h7-8,13H,6H2,1-4H3. The fourth-order valence-electron chi connectivity index (χ4n) is 1.61. The maximum Gasteiger partial charge on any atom is 0.138 e. The van der Waals surface area contributed by atoms with E-state index in [1.807, 2.05) is 20.8 Å². The first-order valence-electron chi connectivity index (χ1n) is 5.12. The van der Waals surface area contributed by atoms with Crippen LogP contribution in [0, 0.1) is 31.1 Å². The van der Waals surface area contributed by atoms with Gasteiger partial charge in [-0.1, -0.05) is 5.16 Å². The van der Waals surface area contributed by atoms with Crippen molar-refractivity contribution in [2.45, 2.75) is 33.7 Å². The third-order valence-corrected chi connectivity index (χ3v) is 2.47. The predicted octanol–water partition coefficient (Wildman–Crippen LogP) is 2.10. The van der Waals surface area contributed by atoms with Crippen molar-refractivity contribution in [1.29, 1.82) is 5.26 Å². The van der Waals surface area contributed by atoms with Crippen LogP contribution in [0.2, 0.25) is 0 Å². The summed E-state index contributed by atoms with van der Waals surface area (Å²) in [6.45, 7) is 8.46. The molecule has 15 heavy (non-hydrogen) atoms. The lowest BCUT2D eigenvalue weighted by Gasteiger charge is -2.14. The number of nitrogens with zero attached hydrogens (tertiary/aromatic N) is 2. The van der Waals surface area contributed by atoms with Gasteiger partial charge in [-0.2, -0.15) is 5.26 Å². The molecule has 1 N–H and O–H groups in total. The Morgan fingerprint density at radius 2 is 2.13 bits per heavy atom. The van der Waals surface area contributed by atoms with Gasteiger partial charge < -0.3 is 9.84 Å². The van der Waals surface area contributed by atoms with Crippen molar-refractivity contribution in [2.24, 2.45) is 5.92 Å². The van der Waals surface area contributed by atoms with E-state index in [9.17, 15) is 0 Å². The summed E-state index contributed by atoms with van der Waals surface area (Å²) >= 11 is 0. The van der Waals surface area contributed by atoms with Crippen molar-refractivity contribution in [1.82, 2.24) is 10.5 Å². The van der Waals surface area contributed by atoms with Gasteiger partial charge in [0.1, 0.15) is 5.76 Å². The Hall–Kier alpha value is -1.34. The smallest absolute Gasteiger partial charge is 0.138 e. The Labute approximate surface area is 90.3 Å². The molecule has 0 saturated carbocycles. The number of nitriles is 1. The van der Waals surface area contributed by atoms with Gasteiger partial charge in [0.15, 0.2) is 0 Å².